The van der Waals surface area contributed by atoms with Gasteiger partial charge in [0.25, 0.3) is 5.91 Å². The van der Waals surface area contributed by atoms with Crippen molar-refractivity contribution in [1.82, 2.24) is 9.80 Å². The Morgan fingerprint density at radius 2 is 1.52 bits per heavy atom. The molecule has 3 rings (SSSR count). The van der Waals surface area contributed by atoms with Crippen molar-refractivity contribution in [2.45, 2.75) is 46.0 Å². The van der Waals surface area contributed by atoms with Gasteiger partial charge in [0, 0.05) is 32.6 Å². The van der Waals surface area contributed by atoms with Crippen LogP contribution in [0, 0.1) is 6.92 Å². The highest BCUT2D eigenvalue weighted by atomic mass is 16.5. The number of aryl methyl sites for hydroxylation is 2. The maximum Gasteiger partial charge on any atom is 0.260 e. The first kappa shape index (κ1) is 22.9. The van der Waals surface area contributed by atoms with Crippen molar-refractivity contribution < 1.29 is 14.3 Å². The molecule has 2 aromatic carbocycles. The van der Waals surface area contributed by atoms with E-state index >= 15 is 0 Å². The van der Waals surface area contributed by atoms with Gasteiger partial charge < -0.3 is 14.5 Å². The number of carbonyl (C=O) groups excluding carboxylic acids is 2. The average molecular weight is 423 g/mol. The van der Waals surface area contributed by atoms with E-state index in [-0.39, 0.29) is 23.8 Å². The summed E-state index contributed by atoms with van der Waals surface area (Å²) in [5, 5.41) is 0. The summed E-state index contributed by atoms with van der Waals surface area (Å²) < 4.78 is 5.92. The fourth-order valence-corrected chi connectivity index (χ4v) is 3.85. The number of hydrogen-bond acceptors (Lipinski definition) is 3. The standard InChI is InChI=1S/C26H34N2O3/c1-20-10-12-23(22(18-20)26(2,3)4)31-19-25(30)28-16-14-27(15-17-28)24(29)13-11-21-8-6-5-7-9-21/h5-10,12,18H,11,13-17,19H2,1-4H3. The van der Waals surface area contributed by atoms with Crippen LogP contribution in [0.15, 0.2) is 48.5 Å². The maximum absolute atomic E-state index is 12.7. The Bertz CT molecular complexity index is 895. The Hall–Kier alpha value is -2.82. The smallest absolute Gasteiger partial charge is 0.260 e. The Balaban J connectivity index is 1.47. The Kier molecular flexibility index (Phi) is 7.37. The number of rotatable bonds is 6. The molecule has 31 heavy (non-hydrogen) atoms. The molecular formula is C26H34N2O3. The molecule has 0 N–H and O–H groups in total. The summed E-state index contributed by atoms with van der Waals surface area (Å²) in [4.78, 5) is 28.9. The lowest BCUT2D eigenvalue weighted by Gasteiger charge is -2.35. The first-order valence-corrected chi connectivity index (χ1v) is 11.1. The van der Waals surface area contributed by atoms with Gasteiger partial charge in [0.15, 0.2) is 6.61 Å². The van der Waals surface area contributed by atoms with E-state index in [0.717, 1.165) is 17.7 Å². The topological polar surface area (TPSA) is 49.9 Å². The van der Waals surface area contributed by atoms with Gasteiger partial charge in [-0.15, -0.1) is 0 Å². The molecule has 0 bridgehead atoms. The van der Waals surface area contributed by atoms with Gasteiger partial charge >= 0.3 is 0 Å². The normalized spacial score (nSPS) is 14.5. The predicted molar refractivity (Wildman–Crippen MR) is 123 cm³/mol. The van der Waals surface area contributed by atoms with Crippen molar-refractivity contribution in [3.8, 4) is 5.75 Å². The molecule has 0 saturated carbocycles. The van der Waals surface area contributed by atoms with E-state index in [1.807, 2.05) is 47.4 Å². The molecule has 2 amide bonds. The first-order chi connectivity index (χ1) is 14.7. The van der Waals surface area contributed by atoms with Crippen molar-refractivity contribution in [3.63, 3.8) is 0 Å². The number of hydrogen-bond donors (Lipinski definition) is 0. The fourth-order valence-electron chi connectivity index (χ4n) is 3.85. The minimum absolute atomic E-state index is 0.0219. The summed E-state index contributed by atoms with van der Waals surface area (Å²) in [7, 11) is 0. The number of ether oxygens (including phenoxy) is 1. The molecule has 0 atom stereocenters. The Morgan fingerprint density at radius 3 is 2.13 bits per heavy atom. The van der Waals surface area contributed by atoms with Crippen LogP contribution >= 0.6 is 0 Å². The highest BCUT2D eigenvalue weighted by Gasteiger charge is 2.25. The minimum Gasteiger partial charge on any atom is -0.483 e. The van der Waals surface area contributed by atoms with Crippen LogP contribution in [0.5, 0.6) is 5.75 Å². The number of nitrogens with zero attached hydrogens (tertiary/aromatic N) is 2. The van der Waals surface area contributed by atoms with Gasteiger partial charge in [-0.05, 0) is 36.0 Å². The SMILES string of the molecule is Cc1ccc(OCC(=O)N2CCN(C(=O)CCc3ccccc3)CC2)c(C(C)(C)C)c1. The van der Waals surface area contributed by atoms with Crippen LogP contribution in [-0.2, 0) is 21.4 Å². The number of carbonyl (C=O) groups is 2. The van der Waals surface area contributed by atoms with Gasteiger partial charge in [-0.25, -0.2) is 0 Å². The van der Waals surface area contributed by atoms with Gasteiger partial charge in [0.1, 0.15) is 5.75 Å². The van der Waals surface area contributed by atoms with Crippen LogP contribution in [0.2, 0.25) is 0 Å². The van der Waals surface area contributed by atoms with E-state index in [2.05, 4.69) is 33.8 Å². The third-order valence-electron chi connectivity index (χ3n) is 5.75. The van der Waals surface area contributed by atoms with Crippen molar-refractivity contribution >= 4 is 11.8 Å². The first-order valence-electron chi connectivity index (χ1n) is 11.1. The fraction of sp³-hybridized carbons (Fsp3) is 0.462. The summed E-state index contributed by atoms with van der Waals surface area (Å²) in [6.07, 6.45) is 1.25. The van der Waals surface area contributed by atoms with Crippen LogP contribution in [0.3, 0.4) is 0 Å². The number of amides is 2. The molecule has 2 aromatic rings. The van der Waals surface area contributed by atoms with E-state index in [9.17, 15) is 9.59 Å². The lowest BCUT2D eigenvalue weighted by molar-refractivity contribution is -0.140. The molecule has 5 nitrogen and oxygen atoms in total. The minimum atomic E-state index is -0.0594. The van der Waals surface area contributed by atoms with Crippen molar-refractivity contribution in [2.75, 3.05) is 32.8 Å². The molecular weight excluding hydrogens is 388 g/mol. The molecule has 0 unspecified atom stereocenters. The Labute approximate surface area is 186 Å². The summed E-state index contributed by atoms with van der Waals surface area (Å²) in [6, 6.07) is 16.1. The van der Waals surface area contributed by atoms with Crippen molar-refractivity contribution in [3.05, 3.63) is 65.2 Å². The summed E-state index contributed by atoms with van der Waals surface area (Å²) in [5.74, 6) is 0.889. The molecule has 1 aliphatic heterocycles. The zero-order chi connectivity index (χ0) is 22.4. The maximum atomic E-state index is 12.7. The predicted octanol–water partition coefficient (Wildman–Crippen LogP) is 3.97. The third-order valence-corrected chi connectivity index (χ3v) is 5.75. The highest BCUT2D eigenvalue weighted by Crippen LogP contribution is 2.32. The van der Waals surface area contributed by atoms with Gasteiger partial charge in [-0.3, -0.25) is 9.59 Å². The monoisotopic (exact) mass is 422 g/mol. The lowest BCUT2D eigenvalue weighted by Crippen LogP contribution is -2.51. The van der Waals surface area contributed by atoms with Gasteiger partial charge in [-0.1, -0.05) is 68.8 Å². The largest absolute Gasteiger partial charge is 0.483 e. The molecule has 1 heterocycles. The van der Waals surface area contributed by atoms with Gasteiger partial charge in [0.2, 0.25) is 5.91 Å². The molecule has 0 aliphatic carbocycles. The second-order valence-corrected chi connectivity index (χ2v) is 9.29. The molecule has 5 heteroatoms. The molecule has 0 radical (unpaired) electrons. The molecule has 1 saturated heterocycles. The summed E-state index contributed by atoms with van der Waals surface area (Å²) >= 11 is 0. The molecule has 1 aliphatic rings. The molecule has 1 fully saturated rings. The van der Waals surface area contributed by atoms with Crippen LogP contribution in [0.1, 0.15) is 43.9 Å². The van der Waals surface area contributed by atoms with Crippen LogP contribution < -0.4 is 4.74 Å². The lowest BCUT2D eigenvalue weighted by atomic mass is 9.85. The zero-order valence-electron chi connectivity index (χ0n) is 19.2. The van der Waals surface area contributed by atoms with E-state index < -0.39 is 0 Å². The molecule has 0 aromatic heterocycles. The van der Waals surface area contributed by atoms with Crippen molar-refractivity contribution in [2.24, 2.45) is 0 Å². The number of benzene rings is 2. The van der Waals surface area contributed by atoms with Crippen LogP contribution in [0.25, 0.3) is 0 Å². The Morgan fingerprint density at radius 1 is 0.903 bits per heavy atom. The van der Waals surface area contributed by atoms with E-state index in [4.69, 9.17) is 4.74 Å². The van der Waals surface area contributed by atoms with E-state index in [1.165, 1.54) is 11.1 Å². The quantitative estimate of drug-likeness (QED) is 0.708. The summed E-state index contributed by atoms with van der Waals surface area (Å²) in [5.41, 5.74) is 3.40. The summed E-state index contributed by atoms with van der Waals surface area (Å²) in [6.45, 7) is 10.8. The second kappa shape index (κ2) is 9.99. The van der Waals surface area contributed by atoms with Crippen LogP contribution in [0.4, 0.5) is 0 Å². The molecule has 166 valence electrons. The average Bonchev–Trinajstić information content (AvgIpc) is 2.76. The second-order valence-electron chi connectivity index (χ2n) is 9.29. The highest BCUT2D eigenvalue weighted by molar-refractivity contribution is 5.79. The van der Waals surface area contributed by atoms with Crippen molar-refractivity contribution in [1.29, 1.82) is 0 Å². The van der Waals surface area contributed by atoms with Gasteiger partial charge in [0.05, 0.1) is 0 Å². The molecule has 0 spiro atoms. The van der Waals surface area contributed by atoms with Crippen LogP contribution in [-0.4, -0.2) is 54.4 Å². The van der Waals surface area contributed by atoms with E-state index in [0.29, 0.717) is 32.6 Å². The van der Waals surface area contributed by atoms with E-state index in [1.54, 1.807) is 4.90 Å². The zero-order valence-corrected chi connectivity index (χ0v) is 19.2. The third kappa shape index (κ3) is 6.33. The van der Waals surface area contributed by atoms with Gasteiger partial charge in [-0.2, -0.15) is 0 Å². The number of piperazine rings is 1.